The van der Waals surface area contributed by atoms with Gasteiger partial charge in [-0.3, -0.25) is 19.7 Å². The number of anilines is 1. The quantitative estimate of drug-likeness (QED) is 0.621. The summed E-state index contributed by atoms with van der Waals surface area (Å²) in [4.78, 5) is 20.5. The zero-order chi connectivity index (χ0) is 15.4. The Morgan fingerprint density at radius 2 is 2.32 bits per heavy atom. The highest BCUT2D eigenvalue weighted by atomic mass is 16.6. The summed E-state index contributed by atoms with van der Waals surface area (Å²) >= 11 is 0. The van der Waals surface area contributed by atoms with E-state index in [9.17, 15) is 10.1 Å². The molecule has 116 valence electrons. The molecule has 1 saturated heterocycles. The number of nitrogens with zero attached hydrogens (tertiary/aromatic N) is 6. The van der Waals surface area contributed by atoms with Crippen molar-refractivity contribution >= 4 is 11.5 Å². The summed E-state index contributed by atoms with van der Waals surface area (Å²) < 4.78 is 1.82. The van der Waals surface area contributed by atoms with Gasteiger partial charge in [-0.05, 0) is 12.5 Å². The molecular formula is C13H17N7O2. The fourth-order valence-electron chi connectivity index (χ4n) is 2.53. The highest BCUT2D eigenvalue weighted by Gasteiger charge is 2.22. The van der Waals surface area contributed by atoms with Crippen LogP contribution < -0.4 is 5.32 Å². The van der Waals surface area contributed by atoms with E-state index in [0.29, 0.717) is 11.9 Å². The first kappa shape index (κ1) is 14.4. The second kappa shape index (κ2) is 6.48. The van der Waals surface area contributed by atoms with Crippen molar-refractivity contribution in [1.29, 1.82) is 0 Å². The van der Waals surface area contributed by atoms with Crippen LogP contribution in [0.3, 0.4) is 0 Å². The molecule has 0 unspecified atom stereocenters. The molecule has 1 N–H and O–H groups in total. The molecule has 9 nitrogen and oxygen atoms in total. The van der Waals surface area contributed by atoms with Gasteiger partial charge < -0.3 is 5.32 Å². The Morgan fingerprint density at radius 3 is 3.00 bits per heavy atom. The maximum Gasteiger partial charge on any atom is 0.287 e. The Balaban J connectivity index is 1.47. The minimum atomic E-state index is -0.446. The van der Waals surface area contributed by atoms with Gasteiger partial charge in [0, 0.05) is 31.7 Å². The summed E-state index contributed by atoms with van der Waals surface area (Å²) in [6, 6.07) is 3.42. The van der Waals surface area contributed by atoms with Crippen molar-refractivity contribution in [3.8, 4) is 0 Å². The fraction of sp³-hybridized carbons (Fsp3) is 0.462. The molecule has 0 bridgehead atoms. The Kier molecular flexibility index (Phi) is 4.24. The Morgan fingerprint density at radius 1 is 1.41 bits per heavy atom. The van der Waals surface area contributed by atoms with Gasteiger partial charge in [0.15, 0.2) is 0 Å². The van der Waals surface area contributed by atoms with E-state index in [1.807, 2.05) is 4.68 Å². The van der Waals surface area contributed by atoms with Crippen molar-refractivity contribution < 1.29 is 4.92 Å². The molecule has 0 amide bonds. The van der Waals surface area contributed by atoms with Gasteiger partial charge in [-0.15, -0.1) is 0 Å². The highest BCUT2D eigenvalue weighted by Crippen LogP contribution is 2.16. The highest BCUT2D eigenvalue weighted by molar-refractivity contribution is 5.41. The maximum atomic E-state index is 10.6. The SMILES string of the molecule is O=[N+]([O-])c1ccc(N[C@H]2CCN(CCn3cncn3)C2)nc1. The lowest BCUT2D eigenvalue weighted by Crippen LogP contribution is -2.29. The summed E-state index contributed by atoms with van der Waals surface area (Å²) in [5, 5.41) is 18.0. The van der Waals surface area contributed by atoms with E-state index in [2.05, 4.69) is 25.3 Å². The lowest BCUT2D eigenvalue weighted by atomic mass is 10.2. The molecule has 0 aliphatic carbocycles. The van der Waals surface area contributed by atoms with Crippen LogP contribution in [0.1, 0.15) is 6.42 Å². The number of likely N-dealkylation sites (tertiary alicyclic amines) is 1. The molecule has 3 heterocycles. The van der Waals surface area contributed by atoms with Crippen LogP contribution in [0.5, 0.6) is 0 Å². The molecule has 1 aliphatic heterocycles. The van der Waals surface area contributed by atoms with E-state index in [4.69, 9.17) is 0 Å². The van der Waals surface area contributed by atoms with Crippen LogP contribution in [0.15, 0.2) is 31.0 Å². The fourth-order valence-corrected chi connectivity index (χ4v) is 2.53. The van der Waals surface area contributed by atoms with E-state index in [1.54, 1.807) is 12.4 Å². The zero-order valence-electron chi connectivity index (χ0n) is 12.0. The van der Waals surface area contributed by atoms with E-state index >= 15 is 0 Å². The van der Waals surface area contributed by atoms with Crippen molar-refractivity contribution in [1.82, 2.24) is 24.6 Å². The predicted octanol–water partition coefficient (Wildman–Crippen LogP) is 0.768. The second-order valence-electron chi connectivity index (χ2n) is 5.25. The molecule has 2 aromatic rings. The molecule has 0 aromatic carbocycles. The van der Waals surface area contributed by atoms with E-state index in [0.717, 1.165) is 32.6 Å². The second-order valence-corrected chi connectivity index (χ2v) is 5.25. The first-order valence-electron chi connectivity index (χ1n) is 7.12. The van der Waals surface area contributed by atoms with Crippen molar-refractivity contribution in [3.63, 3.8) is 0 Å². The summed E-state index contributed by atoms with van der Waals surface area (Å²) in [5.74, 6) is 0.675. The van der Waals surface area contributed by atoms with Gasteiger partial charge in [-0.2, -0.15) is 5.10 Å². The van der Waals surface area contributed by atoms with E-state index in [1.165, 1.54) is 18.6 Å². The lowest BCUT2D eigenvalue weighted by Gasteiger charge is -2.16. The zero-order valence-corrected chi connectivity index (χ0v) is 12.0. The van der Waals surface area contributed by atoms with Crippen LogP contribution in [0, 0.1) is 10.1 Å². The first-order valence-corrected chi connectivity index (χ1v) is 7.12. The molecule has 1 atom stereocenters. The van der Waals surface area contributed by atoms with Gasteiger partial charge in [-0.25, -0.2) is 9.97 Å². The lowest BCUT2D eigenvalue weighted by molar-refractivity contribution is -0.385. The predicted molar refractivity (Wildman–Crippen MR) is 79.4 cm³/mol. The molecule has 0 saturated carbocycles. The number of nitro groups is 1. The topological polar surface area (TPSA) is 102 Å². The third kappa shape index (κ3) is 3.55. The van der Waals surface area contributed by atoms with Crippen LogP contribution in [-0.4, -0.2) is 55.2 Å². The van der Waals surface area contributed by atoms with Crippen LogP contribution in [0.25, 0.3) is 0 Å². The summed E-state index contributed by atoms with van der Waals surface area (Å²) in [6.45, 7) is 3.68. The first-order chi connectivity index (χ1) is 10.7. The van der Waals surface area contributed by atoms with Gasteiger partial charge in [0.05, 0.1) is 11.5 Å². The van der Waals surface area contributed by atoms with Crippen LogP contribution in [0.4, 0.5) is 11.5 Å². The molecule has 2 aromatic heterocycles. The molecule has 22 heavy (non-hydrogen) atoms. The summed E-state index contributed by atoms with van der Waals surface area (Å²) in [6.07, 6.45) is 5.55. The van der Waals surface area contributed by atoms with E-state index in [-0.39, 0.29) is 5.69 Å². The number of pyridine rings is 1. The monoisotopic (exact) mass is 303 g/mol. The van der Waals surface area contributed by atoms with Gasteiger partial charge in [-0.1, -0.05) is 0 Å². The molecule has 1 aliphatic rings. The molecule has 1 fully saturated rings. The largest absolute Gasteiger partial charge is 0.366 e. The van der Waals surface area contributed by atoms with Gasteiger partial charge in [0.1, 0.15) is 24.7 Å². The summed E-state index contributed by atoms with van der Waals surface area (Å²) in [7, 11) is 0. The molecule has 0 spiro atoms. The normalized spacial score (nSPS) is 18.5. The van der Waals surface area contributed by atoms with Crippen molar-refractivity contribution in [2.75, 3.05) is 25.0 Å². The average Bonchev–Trinajstić information content (AvgIpc) is 3.17. The minimum Gasteiger partial charge on any atom is -0.366 e. The maximum absolute atomic E-state index is 10.6. The van der Waals surface area contributed by atoms with Crippen LogP contribution >= 0.6 is 0 Å². The number of rotatable bonds is 6. The van der Waals surface area contributed by atoms with Crippen LogP contribution in [0.2, 0.25) is 0 Å². The van der Waals surface area contributed by atoms with Crippen molar-refractivity contribution in [2.24, 2.45) is 0 Å². The third-order valence-corrected chi connectivity index (χ3v) is 3.69. The third-order valence-electron chi connectivity index (χ3n) is 3.69. The van der Waals surface area contributed by atoms with E-state index < -0.39 is 4.92 Å². The Bertz CT molecular complexity index is 614. The smallest absolute Gasteiger partial charge is 0.287 e. The Labute approximate surface area is 127 Å². The standard InChI is InChI=1S/C13H17N7O2/c21-20(22)12-1-2-13(15-7-12)17-11-3-4-18(8-11)5-6-19-10-14-9-16-19/h1-2,7,9-11H,3-6,8H2,(H,15,17)/t11-/m0/s1. The molecular weight excluding hydrogens is 286 g/mol. The average molecular weight is 303 g/mol. The number of nitrogens with one attached hydrogen (secondary N) is 1. The molecule has 3 rings (SSSR count). The van der Waals surface area contributed by atoms with Gasteiger partial charge >= 0.3 is 0 Å². The van der Waals surface area contributed by atoms with Crippen molar-refractivity contribution in [2.45, 2.75) is 19.0 Å². The Hall–Kier alpha value is -2.55. The van der Waals surface area contributed by atoms with Gasteiger partial charge in [0.25, 0.3) is 5.69 Å². The molecule has 0 radical (unpaired) electrons. The number of aromatic nitrogens is 4. The number of hydrogen-bond donors (Lipinski definition) is 1. The van der Waals surface area contributed by atoms with Crippen LogP contribution in [-0.2, 0) is 6.54 Å². The van der Waals surface area contributed by atoms with Gasteiger partial charge in [0.2, 0.25) is 0 Å². The van der Waals surface area contributed by atoms with Crippen molar-refractivity contribution in [3.05, 3.63) is 41.1 Å². The minimum absolute atomic E-state index is 0.00595. The number of hydrogen-bond acceptors (Lipinski definition) is 7. The molecule has 9 heteroatoms. The summed E-state index contributed by atoms with van der Waals surface area (Å²) in [5.41, 5.74) is 0.00595.